The van der Waals surface area contributed by atoms with E-state index >= 15 is 0 Å². The van der Waals surface area contributed by atoms with Crippen molar-refractivity contribution in [1.29, 1.82) is 0 Å². The lowest BCUT2D eigenvalue weighted by atomic mass is 9.71. The summed E-state index contributed by atoms with van der Waals surface area (Å²) in [5.41, 5.74) is 3.02. The summed E-state index contributed by atoms with van der Waals surface area (Å²) >= 11 is 0. The fraction of sp³-hybridized carbons (Fsp3) is 0.250. The van der Waals surface area contributed by atoms with Crippen molar-refractivity contribution < 1.29 is 13.2 Å². The van der Waals surface area contributed by atoms with E-state index in [0.717, 1.165) is 16.7 Å². The van der Waals surface area contributed by atoms with Gasteiger partial charge in [-0.1, -0.05) is 51.1 Å². The highest BCUT2D eigenvalue weighted by Gasteiger charge is 2.38. The number of hydrogen-bond donors (Lipinski definition) is 0. The molecule has 0 fully saturated rings. The standard InChI is InChI=1S/C20H17F2NO/c1-20(2,3)16-11-6-4-5-7-12(11)19-18(23-10-24-19)15-13(16)8-9-14(21)17(15)22/h4-10,16H,1-3H3. The zero-order chi connectivity index (χ0) is 17.1. The van der Waals surface area contributed by atoms with Gasteiger partial charge in [-0.2, -0.15) is 0 Å². The molecule has 1 heterocycles. The van der Waals surface area contributed by atoms with Crippen molar-refractivity contribution in [3.8, 4) is 22.6 Å². The topological polar surface area (TPSA) is 26.0 Å². The van der Waals surface area contributed by atoms with Gasteiger partial charge in [0.25, 0.3) is 0 Å². The first-order valence-electron chi connectivity index (χ1n) is 7.90. The SMILES string of the molecule is CC(C)(C)C1c2ccccc2-c2ocnc2-c2c1ccc(F)c2F. The Kier molecular flexibility index (Phi) is 3.14. The van der Waals surface area contributed by atoms with Gasteiger partial charge in [0.1, 0.15) is 5.69 Å². The largest absolute Gasteiger partial charge is 0.443 e. The molecule has 4 heteroatoms. The second-order valence-corrected chi connectivity index (χ2v) is 7.24. The van der Waals surface area contributed by atoms with Crippen LogP contribution in [0.3, 0.4) is 0 Å². The van der Waals surface area contributed by atoms with Crippen LogP contribution in [0.2, 0.25) is 0 Å². The first-order valence-corrected chi connectivity index (χ1v) is 7.90. The van der Waals surface area contributed by atoms with Gasteiger partial charge in [-0.15, -0.1) is 0 Å². The Morgan fingerprint density at radius 2 is 1.75 bits per heavy atom. The molecule has 0 saturated heterocycles. The van der Waals surface area contributed by atoms with Gasteiger partial charge < -0.3 is 4.42 Å². The number of fused-ring (bicyclic) bond motifs is 5. The van der Waals surface area contributed by atoms with Crippen molar-refractivity contribution in [3.05, 3.63) is 65.6 Å². The molecule has 0 N–H and O–H groups in total. The van der Waals surface area contributed by atoms with Crippen LogP contribution >= 0.6 is 0 Å². The minimum absolute atomic E-state index is 0.108. The number of aromatic nitrogens is 1. The Labute approximate surface area is 139 Å². The fourth-order valence-electron chi connectivity index (χ4n) is 3.72. The molecule has 3 aromatic rings. The maximum absolute atomic E-state index is 14.7. The van der Waals surface area contributed by atoms with Gasteiger partial charge in [-0.05, 0) is 22.6 Å². The van der Waals surface area contributed by atoms with Crippen LogP contribution in [0.25, 0.3) is 22.6 Å². The van der Waals surface area contributed by atoms with Crippen LogP contribution in [-0.2, 0) is 0 Å². The molecule has 0 aliphatic heterocycles. The Morgan fingerprint density at radius 1 is 1.00 bits per heavy atom. The molecular formula is C20H17F2NO. The van der Waals surface area contributed by atoms with Crippen LogP contribution in [0, 0.1) is 17.0 Å². The lowest BCUT2D eigenvalue weighted by Gasteiger charge is -2.33. The van der Waals surface area contributed by atoms with E-state index in [1.165, 1.54) is 12.5 Å². The maximum atomic E-state index is 14.7. The highest BCUT2D eigenvalue weighted by Crippen LogP contribution is 2.52. The molecule has 0 saturated carbocycles. The van der Waals surface area contributed by atoms with Crippen LogP contribution in [0.5, 0.6) is 0 Å². The van der Waals surface area contributed by atoms with Crippen LogP contribution in [0.15, 0.2) is 47.2 Å². The highest BCUT2D eigenvalue weighted by atomic mass is 19.2. The molecule has 0 bridgehead atoms. The molecule has 0 spiro atoms. The molecule has 24 heavy (non-hydrogen) atoms. The summed E-state index contributed by atoms with van der Waals surface area (Å²) in [6.45, 7) is 6.29. The number of oxazole rings is 1. The fourth-order valence-corrected chi connectivity index (χ4v) is 3.72. The average Bonchev–Trinajstić information content (AvgIpc) is 2.95. The first kappa shape index (κ1) is 15.1. The molecule has 1 aromatic heterocycles. The van der Waals surface area contributed by atoms with E-state index in [-0.39, 0.29) is 16.9 Å². The van der Waals surface area contributed by atoms with E-state index in [2.05, 4.69) is 25.8 Å². The van der Waals surface area contributed by atoms with Crippen molar-refractivity contribution in [2.24, 2.45) is 5.41 Å². The number of rotatable bonds is 0. The maximum Gasteiger partial charge on any atom is 0.182 e. The smallest absolute Gasteiger partial charge is 0.182 e. The summed E-state index contributed by atoms with van der Waals surface area (Å²) in [6.07, 6.45) is 1.28. The third-order valence-electron chi connectivity index (χ3n) is 4.62. The molecule has 1 atom stereocenters. The van der Waals surface area contributed by atoms with Gasteiger partial charge in [-0.25, -0.2) is 13.8 Å². The summed E-state index contributed by atoms with van der Waals surface area (Å²) in [6, 6.07) is 10.7. The lowest BCUT2D eigenvalue weighted by Crippen LogP contribution is -2.21. The van der Waals surface area contributed by atoms with E-state index in [9.17, 15) is 8.78 Å². The van der Waals surface area contributed by atoms with Gasteiger partial charge in [0.05, 0.1) is 0 Å². The van der Waals surface area contributed by atoms with Gasteiger partial charge in [-0.3, -0.25) is 0 Å². The van der Waals surface area contributed by atoms with Crippen LogP contribution in [-0.4, -0.2) is 4.98 Å². The number of hydrogen-bond acceptors (Lipinski definition) is 2. The van der Waals surface area contributed by atoms with Crippen LogP contribution in [0.4, 0.5) is 8.78 Å². The average molecular weight is 325 g/mol. The summed E-state index contributed by atoms with van der Waals surface area (Å²) in [4.78, 5) is 4.20. The third-order valence-corrected chi connectivity index (χ3v) is 4.62. The predicted octanol–water partition coefficient (Wildman–Crippen LogP) is 5.78. The van der Waals surface area contributed by atoms with E-state index in [4.69, 9.17) is 4.42 Å². The van der Waals surface area contributed by atoms with E-state index in [0.29, 0.717) is 11.5 Å². The molecule has 1 aliphatic rings. The monoisotopic (exact) mass is 325 g/mol. The van der Waals surface area contributed by atoms with Crippen molar-refractivity contribution in [2.75, 3.05) is 0 Å². The quantitative estimate of drug-likeness (QED) is 0.524. The number of nitrogens with zero attached hydrogens (tertiary/aromatic N) is 1. The molecule has 2 aromatic carbocycles. The molecule has 122 valence electrons. The number of halogens is 2. The summed E-state index contributed by atoms with van der Waals surface area (Å²) < 4.78 is 34.3. The van der Waals surface area contributed by atoms with Crippen LogP contribution in [0.1, 0.15) is 37.8 Å². The Bertz CT molecular complexity index is 937. The second-order valence-electron chi connectivity index (χ2n) is 7.24. The van der Waals surface area contributed by atoms with Crippen molar-refractivity contribution >= 4 is 0 Å². The zero-order valence-electron chi connectivity index (χ0n) is 13.7. The highest BCUT2D eigenvalue weighted by molar-refractivity contribution is 5.84. The summed E-state index contributed by atoms with van der Waals surface area (Å²) in [5.74, 6) is -1.36. The van der Waals surface area contributed by atoms with Crippen molar-refractivity contribution in [1.82, 2.24) is 4.98 Å². The van der Waals surface area contributed by atoms with Gasteiger partial charge in [0, 0.05) is 17.0 Å². The van der Waals surface area contributed by atoms with Crippen molar-refractivity contribution in [3.63, 3.8) is 0 Å². The summed E-state index contributed by atoms with van der Waals surface area (Å²) in [7, 11) is 0. The normalized spacial score (nSPS) is 16.1. The Balaban J connectivity index is 2.19. The summed E-state index contributed by atoms with van der Waals surface area (Å²) in [5, 5.41) is 0. The molecule has 0 amide bonds. The minimum Gasteiger partial charge on any atom is -0.443 e. The second kappa shape index (κ2) is 5.00. The molecule has 0 radical (unpaired) electrons. The molecular weight excluding hydrogens is 308 g/mol. The molecule has 1 aliphatic carbocycles. The first-order chi connectivity index (χ1) is 11.4. The van der Waals surface area contributed by atoms with Gasteiger partial charge in [0.2, 0.25) is 0 Å². The van der Waals surface area contributed by atoms with E-state index < -0.39 is 11.6 Å². The lowest BCUT2D eigenvalue weighted by molar-refractivity contribution is 0.358. The molecule has 2 nitrogen and oxygen atoms in total. The number of benzene rings is 2. The minimum atomic E-state index is -0.874. The predicted molar refractivity (Wildman–Crippen MR) is 88.6 cm³/mol. The zero-order valence-corrected chi connectivity index (χ0v) is 13.7. The van der Waals surface area contributed by atoms with Crippen LogP contribution < -0.4 is 0 Å². The Morgan fingerprint density at radius 3 is 2.50 bits per heavy atom. The molecule has 4 rings (SSSR count). The van der Waals surface area contributed by atoms with E-state index in [1.54, 1.807) is 6.07 Å². The van der Waals surface area contributed by atoms with Gasteiger partial charge >= 0.3 is 0 Å². The molecule has 1 unspecified atom stereocenters. The third kappa shape index (κ3) is 2.02. The van der Waals surface area contributed by atoms with E-state index in [1.807, 2.05) is 24.3 Å². The van der Waals surface area contributed by atoms with Gasteiger partial charge in [0.15, 0.2) is 23.8 Å². The van der Waals surface area contributed by atoms with Crippen molar-refractivity contribution in [2.45, 2.75) is 26.7 Å². The Hall–Kier alpha value is -2.49.